The second kappa shape index (κ2) is 7.53. The molecule has 1 aromatic rings. The largest absolute Gasteiger partial charge is 0.328 e. The zero-order valence-corrected chi connectivity index (χ0v) is 12.8. The predicted molar refractivity (Wildman–Crippen MR) is 77.2 cm³/mol. The van der Waals surface area contributed by atoms with Gasteiger partial charge in [-0.1, -0.05) is 23.2 Å². The van der Waals surface area contributed by atoms with Crippen LogP contribution in [0, 0.1) is 0 Å². The molecule has 104 valence electrons. The van der Waals surface area contributed by atoms with Crippen LogP contribution < -0.4 is 10.5 Å². The van der Waals surface area contributed by atoms with Crippen molar-refractivity contribution in [2.45, 2.75) is 24.3 Å². The van der Waals surface area contributed by atoms with E-state index in [1.165, 1.54) is 18.2 Å². The second-order valence-electron chi connectivity index (χ2n) is 3.74. The molecular weight excluding hydrogens is 319 g/mol. The number of hydrogen-bond donors (Lipinski definition) is 2. The second-order valence-corrected chi connectivity index (χ2v) is 6.32. The number of hydrogen-bond acceptors (Lipinski definition) is 3. The number of nitrogens with one attached hydrogen (secondary N) is 1. The van der Waals surface area contributed by atoms with Crippen LogP contribution in [0.5, 0.6) is 0 Å². The van der Waals surface area contributed by atoms with Crippen LogP contribution in [0.25, 0.3) is 0 Å². The van der Waals surface area contributed by atoms with Crippen LogP contribution >= 0.6 is 35.6 Å². The Bertz CT molecular complexity index is 492. The van der Waals surface area contributed by atoms with Gasteiger partial charge in [-0.3, -0.25) is 0 Å². The van der Waals surface area contributed by atoms with Crippen molar-refractivity contribution in [3.8, 4) is 0 Å². The first-order valence-electron chi connectivity index (χ1n) is 5.03. The molecule has 0 heterocycles. The first-order chi connectivity index (χ1) is 7.83. The molecule has 0 spiro atoms. The zero-order chi connectivity index (χ0) is 13.1. The maximum Gasteiger partial charge on any atom is 0.242 e. The van der Waals surface area contributed by atoms with Gasteiger partial charge in [0.1, 0.15) is 4.90 Å². The molecule has 0 bridgehead atoms. The highest BCUT2D eigenvalue weighted by Crippen LogP contribution is 2.24. The number of benzene rings is 1. The van der Waals surface area contributed by atoms with Gasteiger partial charge < -0.3 is 5.73 Å². The Kier molecular flexibility index (Phi) is 7.51. The van der Waals surface area contributed by atoms with Gasteiger partial charge in [-0.15, -0.1) is 12.4 Å². The summed E-state index contributed by atoms with van der Waals surface area (Å²) in [6.07, 6.45) is 0.553. The van der Waals surface area contributed by atoms with Gasteiger partial charge in [0.2, 0.25) is 10.0 Å². The monoisotopic (exact) mass is 332 g/mol. The third kappa shape index (κ3) is 5.30. The highest BCUT2D eigenvalue weighted by atomic mass is 35.5. The third-order valence-electron chi connectivity index (χ3n) is 2.07. The Morgan fingerprint density at radius 1 is 1.39 bits per heavy atom. The molecule has 3 N–H and O–H groups in total. The van der Waals surface area contributed by atoms with Gasteiger partial charge in [-0.25, -0.2) is 13.1 Å². The molecule has 1 unspecified atom stereocenters. The number of nitrogens with two attached hydrogens (primary N) is 1. The standard InChI is InChI=1S/C10H14Cl2N2O2S.ClH/c1-7(13)4-5-14-17(15,16)10-6-8(11)2-3-9(10)12;/h2-3,6-7,14H,4-5,13H2,1H3;1H. The lowest BCUT2D eigenvalue weighted by Gasteiger charge is -2.09. The van der Waals surface area contributed by atoms with Crippen LogP contribution in [0.4, 0.5) is 0 Å². The molecule has 18 heavy (non-hydrogen) atoms. The Balaban J connectivity index is 0.00000289. The number of rotatable bonds is 5. The van der Waals surface area contributed by atoms with Gasteiger partial charge in [-0.05, 0) is 31.5 Å². The fraction of sp³-hybridized carbons (Fsp3) is 0.400. The van der Waals surface area contributed by atoms with E-state index in [4.69, 9.17) is 28.9 Å². The highest BCUT2D eigenvalue weighted by Gasteiger charge is 2.17. The Hall–Kier alpha value is -0.0400. The van der Waals surface area contributed by atoms with E-state index in [0.717, 1.165) is 0 Å². The molecule has 0 saturated carbocycles. The Labute approximate surface area is 123 Å². The molecule has 8 heteroatoms. The molecule has 0 aliphatic rings. The van der Waals surface area contributed by atoms with Crippen molar-refractivity contribution in [2.75, 3.05) is 6.54 Å². The third-order valence-corrected chi connectivity index (χ3v) is 4.25. The summed E-state index contributed by atoms with van der Waals surface area (Å²) >= 11 is 11.6. The molecule has 0 amide bonds. The minimum Gasteiger partial charge on any atom is -0.328 e. The SMILES string of the molecule is CC(N)CCNS(=O)(=O)c1cc(Cl)ccc1Cl.Cl. The topological polar surface area (TPSA) is 72.2 Å². The normalized spacial score (nSPS) is 12.9. The van der Waals surface area contributed by atoms with E-state index in [9.17, 15) is 8.42 Å². The van der Waals surface area contributed by atoms with Crippen LogP contribution in [0.1, 0.15) is 13.3 Å². The highest BCUT2D eigenvalue weighted by molar-refractivity contribution is 7.89. The summed E-state index contributed by atoms with van der Waals surface area (Å²) in [5, 5.41) is 0.463. The fourth-order valence-corrected chi connectivity index (χ4v) is 2.99. The van der Waals surface area contributed by atoms with E-state index >= 15 is 0 Å². The van der Waals surface area contributed by atoms with Gasteiger partial charge in [0.05, 0.1) is 5.02 Å². The van der Waals surface area contributed by atoms with E-state index in [1.807, 2.05) is 0 Å². The minimum absolute atomic E-state index is 0. The van der Waals surface area contributed by atoms with Crippen LogP contribution in [0.3, 0.4) is 0 Å². The molecule has 0 aromatic heterocycles. The molecule has 0 radical (unpaired) electrons. The van der Waals surface area contributed by atoms with Crippen molar-refractivity contribution in [1.82, 2.24) is 4.72 Å². The van der Waals surface area contributed by atoms with E-state index in [-0.39, 0.29) is 34.9 Å². The number of sulfonamides is 1. The maximum absolute atomic E-state index is 11.9. The lowest BCUT2D eigenvalue weighted by Crippen LogP contribution is -2.29. The molecule has 1 rings (SSSR count). The molecule has 4 nitrogen and oxygen atoms in total. The van der Waals surface area contributed by atoms with Crippen molar-refractivity contribution in [3.63, 3.8) is 0 Å². The van der Waals surface area contributed by atoms with Crippen molar-refractivity contribution in [3.05, 3.63) is 28.2 Å². The van der Waals surface area contributed by atoms with Gasteiger partial charge in [-0.2, -0.15) is 0 Å². The summed E-state index contributed by atoms with van der Waals surface area (Å²) in [6.45, 7) is 2.07. The van der Waals surface area contributed by atoms with Gasteiger partial charge in [0, 0.05) is 17.6 Å². The van der Waals surface area contributed by atoms with Crippen LogP contribution in [0.2, 0.25) is 10.0 Å². The Morgan fingerprint density at radius 3 is 2.56 bits per heavy atom. The summed E-state index contributed by atoms with van der Waals surface area (Å²) in [6, 6.07) is 4.24. The van der Waals surface area contributed by atoms with Crippen LogP contribution in [0.15, 0.2) is 23.1 Å². The quantitative estimate of drug-likeness (QED) is 0.869. The van der Waals surface area contributed by atoms with Gasteiger partial charge >= 0.3 is 0 Å². The van der Waals surface area contributed by atoms with Crippen molar-refractivity contribution < 1.29 is 8.42 Å². The molecule has 1 atom stereocenters. The summed E-state index contributed by atoms with van der Waals surface area (Å²) in [4.78, 5) is -0.0173. The zero-order valence-electron chi connectivity index (χ0n) is 9.69. The van der Waals surface area contributed by atoms with Crippen molar-refractivity contribution >= 4 is 45.6 Å². The van der Waals surface area contributed by atoms with E-state index in [0.29, 0.717) is 11.4 Å². The molecule has 1 aromatic carbocycles. The Morgan fingerprint density at radius 2 is 2.00 bits per heavy atom. The first kappa shape index (κ1) is 18.0. The van der Waals surface area contributed by atoms with E-state index in [1.54, 1.807) is 6.92 Å². The van der Waals surface area contributed by atoms with Crippen molar-refractivity contribution in [2.24, 2.45) is 5.73 Å². The summed E-state index contributed by atoms with van der Waals surface area (Å²) in [5.74, 6) is 0. The van der Waals surface area contributed by atoms with Gasteiger partial charge in [0.15, 0.2) is 0 Å². The summed E-state index contributed by atoms with van der Waals surface area (Å²) in [5.41, 5.74) is 5.53. The first-order valence-corrected chi connectivity index (χ1v) is 7.27. The van der Waals surface area contributed by atoms with E-state index < -0.39 is 10.0 Å². The molecule has 0 aliphatic carbocycles. The summed E-state index contributed by atoms with van der Waals surface area (Å²) in [7, 11) is -3.63. The molecule has 0 saturated heterocycles. The molecule has 0 fully saturated rings. The molecule has 0 aliphatic heterocycles. The smallest absolute Gasteiger partial charge is 0.242 e. The lowest BCUT2D eigenvalue weighted by atomic mass is 10.3. The van der Waals surface area contributed by atoms with Crippen molar-refractivity contribution in [1.29, 1.82) is 0 Å². The van der Waals surface area contributed by atoms with E-state index in [2.05, 4.69) is 4.72 Å². The molecular formula is C10H15Cl3N2O2S. The summed E-state index contributed by atoms with van der Waals surface area (Å²) < 4.78 is 26.2. The average molecular weight is 334 g/mol. The minimum atomic E-state index is -3.63. The lowest BCUT2D eigenvalue weighted by molar-refractivity contribution is 0.572. The maximum atomic E-state index is 11.9. The average Bonchev–Trinajstić information content (AvgIpc) is 2.20. The number of halogens is 3. The predicted octanol–water partition coefficient (Wildman–Crippen LogP) is 2.43. The fourth-order valence-electron chi connectivity index (χ4n) is 1.18. The van der Waals surface area contributed by atoms with Crippen LogP contribution in [-0.2, 0) is 10.0 Å². The van der Waals surface area contributed by atoms with Gasteiger partial charge in [0.25, 0.3) is 0 Å². The van der Waals surface area contributed by atoms with Crippen LogP contribution in [-0.4, -0.2) is 21.0 Å².